The van der Waals surface area contributed by atoms with Crippen molar-refractivity contribution in [1.29, 1.82) is 0 Å². The maximum absolute atomic E-state index is 13.4. The van der Waals surface area contributed by atoms with Gasteiger partial charge in [-0.3, -0.25) is 0 Å². The summed E-state index contributed by atoms with van der Waals surface area (Å²) in [6.45, 7) is -0.170. The van der Waals surface area contributed by atoms with Crippen molar-refractivity contribution in [1.82, 2.24) is 9.78 Å². The van der Waals surface area contributed by atoms with Crippen LogP contribution in [0.15, 0.2) is 42.5 Å². The van der Waals surface area contributed by atoms with Crippen LogP contribution >= 0.6 is 0 Å². The van der Waals surface area contributed by atoms with Gasteiger partial charge in [-0.1, -0.05) is 18.2 Å². The van der Waals surface area contributed by atoms with Crippen molar-refractivity contribution in [2.24, 2.45) is 0 Å². The second-order valence-electron chi connectivity index (χ2n) is 4.56. The number of carboxylic acid groups (broad SMARTS) is 1. The van der Waals surface area contributed by atoms with Crippen LogP contribution in [0, 0.1) is 5.82 Å². The predicted octanol–water partition coefficient (Wildman–Crippen LogP) is 2.86. The highest BCUT2D eigenvalue weighted by molar-refractivity contribution is 5.97. The first-order valence-electron chi connectivity index (χ1n) is 6.22. The third-order valence-electron chi connectivity index (χ3n) is 3.21. The Kier molecular flexibility index (Phi) is 3.15. The predicted molar refractivity (Wildman–Crippen MR) is 74.5 cm³/mol. The zero-order chi connectivity index (χ0) is 15.0. The number of rotatable bonds is 2. The van der Waals surface area contributed by atoms with E-state index < -0.39 is 11.9 Å². The molecular weight excluding hydrogens is 275 g/mol. The molecule has 0 spiro atoms. The number of carbonyl (C=O) groups is 1. The molecule has 3 rings (SSSR count). The van der Waals surface area contributed by atoms with E-state index in [4.69, 9.17) is 0 Å². The van der Waals surface area contributed by atoms with Gasteiger partial charge in [0.2, 0.25) is 0 Å². The average Bonchev–Trinajstić information content (AvgIpc) is 2.86. The highest BCUT2D eigenvalue weighted by Gasteiger charge is 2.16. The molecule has 5 nitrogen and oxygen atoms in total. The standard InChI is InChI=1S/C15H11FN2O3/c16-11-3-1-2-10(7-11)14-12-6-9(8-19)4-5-13(12)18(17-14)15(20)21/h1-7,19H,8H2,(H,20,21). The molecule has 3 aromatic rings. The molecule has 0 aliphatic rings. The molecule has 2 aromatic carbocycles. The van der Waals surface area contributed by atoms with Gasteiger partial charge in [0.1, 0.15) is 11.5 Å². The van der Waals surface area contributed by atoms with Crippen LogP contribution < -0.4 is 0 Å². The first-order chi connectivity index (χ1) is 10.1. The lowest BCUT2D eigenvalue weighted by Crippen LogP contribution is -2.09. The van der Waals surface area contributed by atoms with Crippen molar-refractivity contribution in [3.05, 3.63) is 53.8 Å². The summed E-state index contributed by atoms with van der Waals surface area (Å²) < 4.78 is 14.2. The fourth-order valence-electron chi connectivity index (χ4n) is 2.26. The lowest BCUT2D eigenvalue weighted by Gasteiger charge is -2.00. The summed E-state index contributed by atoms with van der Waals surface area (Å²) in [6.07, 6.45) is -1.22. The minimum atomic E-state index is -1.22. The normalized spacial score (nSPS) is 11.0. The molecule has 0 saturated heterocycles. The number of hydrogen-bond acceptors (Lipinski definition) is 3. The summed E-state index contributed by atoms with van der Waals surface area (Å²) in [5.41, 5.74) is 1.86. The van der Waals surface area contributed by atoms with Crippen molar-refractivity contribution >= 4 is 17.0 Å². The van der Waals surface area contributed by atoms with E-state index in [-0.39, 0.29) is 6.61 Å². The van der Waals surface area contributed by atoms with Crippen LogP contribution in [0.3, 0.4) is 0 Å². The monoisotopic (exact) mass is 286 g/mol. The van der Waals surface area contributed by atoms with E-state index in [2.05, 4.69) is 5.10 Å². The van der Waals surface area contributed by atoms with E-state index >= 15 is 0 Å². The number of benzene rings is 2. The topological polar surface area (TPSA) is 75.3 Å². The zero-order valence-corrected chi connectivity index (χ0v) is 10.8. The van der Waals surface area contributed by atoms with Gasteiger partial charge in [0.05, 0.1) is 12.1 Å². The van der Waals surface area contributed by atoms with Crippen LogP contribution in [0.2, 0.25) is 0 Å². The van der Waals surface area contributed by atoms with Crippen LogP contribution in [0.5, 0.6) is 0 Å². The number of aliphatic hydroxyl groups excluding tert-OH is 1. The highest BCUT2D eigenvalue weighted by atomic mass is 19.1. The molecule has 0 aliphatic heterocycles. The van der Waals surface area contributed by atoms with Crippen LogP contribution in [-0.4, -0.2) is 26.1 Å². The highest BCUT2D eigenvalue weighted by Crippen LogP contribution is 2.29. The summed E-state index contributed by atoms with van der Waals surface area (Å²) in [5, 5.41) is 23.0. The fraction of sp³-hybridized carbons (Fsp3) is 0.0667. The number of nitrogens with zero attached hydrogens (tertiary/aromatic N) is 2. The summed E-state index contributed by atoms with van der Waals surface area (Å²) in [6, 6.07) is 10.6. The lowest BCUT2D eigenvalue weighted by molar-refractivity contribution is 0.194. The zero-order valence-electron chi connectivity index (χ0n) is 10.8. The molecule has 1 aromatic heterocycles. The number of hydrogen-bond donors (Lipinski definition) is 2. The lowest BCUT2D eigenvalue weighted by atomic mass is 10.1. The van der Waals surface area contributed by atoms with Gasteiger partial charge >= 0.3 is 6.09 Å². The smallest absolute Gasteiger partial charge is 0.432 e. The third kappa shape index (κ3) is 2.25. The van der Waals surface area contributed by atoms with E-state index in [1.165, 1.54) is 18.2 Å². The third-order valence-corrected chi connectivity index (χ3v) is 3.21. The Hall–Kier alpha value is -2.73. The van der Waals surface area contributed by atoms with Gasteiger partial charge in [0.25, 0.3) is 0 Å². The van der Waals surface area contributed by atoms with E-state index in [0.717, 1.165) is 4.68 Å². The Morgan fingerprint density at radius 3 is 2.71 bits per heavy atom. The second-order valence-corrected chi connectivity index (χ2v) is 4.56. The molecule has 2 N–H and O–H groups in total. The van der Waals surface area contributed by atoms with Gasteiger partial charge < -0.3 is 10.2 Å². The average molecular weight is 286 g/mol. The van der Waals surface area contributed by atoms with Crippen LogP contribution in [-0.2, 0) is 6.61 Å². The van der Waals surface area contributed by atoms with E-state index in [0.29, 0.717) is 27.7 Å². The summed E-state index contributed by atoms with van der Waals surface area (Å²) in [4.78, 5) is 11.3. The van der Waals surface area contributed by atoms with Crippen LogP contribution in [0.1, 0.15) is 5.56 Å². The Balaban J connectivity index is 2.33. The molecule has 0 atom stereocenters. The molecule has 106 valence electrons. The van der Waals surface area contributed by atoms with Gasteiger partial charge in [-0.05, 0) is 29.8 Å². The van der Waals surface area contributed by atoms with Crippen LogP contribution in [0.25, 0.3) is 22.2 Å². The van der Waals surface area contributed by atoms with Crippen molar-refractivity contribution < 1.29 is 19.4 Å². The molecule has 0 radical (unpaired) electrons. The first kappa shape index (κ1) is 13.3. The van der Waals surface area contributed by atoms with Gasteiger partial charge in [0.15, 0.2) is 0 Å². The molecule has 1 heterocycles. The van der Waals surface area contributed by atoms with Crippen molar-refractivity contribution in [2.45, 2.75) is 6.61 Å². The summed E-state index contributed by atoms with van der Waals surface area (Å²) in [5.74, 6) is -0.427. The first-order valence-corrected chi connectivity index (χ1v) is 6.22. The molecule has 21 heavy (non-hydrogen) atoms. The molecule has 0 bridgehead atoms. The van der Waals surface area contributed by atoms with Crippen LogP contribution in [0.4, 0.5) is 9.18 Å². The quantitative estimate of drug-likeness (QED) is 0.759. The molecule has 0 fully saturated rings. The SMILES string of the molecule is O=C(O)n1nc(-c2cccc(F)c2)c2cc(CO)ccc21. The van der Waals surface area contributed by atoms with Gasteiger partial charge in [-0.15, -0.1) is 0 Å². The van der Waals surface area contributed by atoms with Crippen molar-refractivity contribution in [3.63, 3.8) is 0 Å². The van der Waals surface area contributed by atoms with E-state index in [1.54, 1.807) is 24.3 Å². The Morgan fingerprint density at radius 2 is 2.05 bits per heavy atom. The summed E-state index contributed by atoms with van der Waals surface area (Å²) in [7, 11) is 0. The summed E-state index contributed by atoms with van der Waals surface area (Å²) >= 11 is 0. The minimum Gasteiger partial charge on any atom is -0.463 e. The second kappa shape index (κ2) is 4.99. The number of aliphatic hydroxyl groups is 1. The Bertz CT molecular complexity index is 842. The van der Waals surface area contributed by atoms with Crippen molar-refractivity contribution in [3.8, 4) is 11.3 Å². The number of aromatic nitrogens is 2. The molecular formula is C15H11FN2O3. The maximum atomic E-state index is 13.4. The molecule has 0 saturated carbocycles. The van der Waals surface area contributed by atoms with Gasteiger partial charge in [-0.25, -0.2) is 9.18 Å². The molecule has 0 amide bonds. The van der Waals surface area contributed by atoms with E-state index in [9.17, 15) is 19.4 Å². The number of fused-ring (bicyclic) bond motifs is 1. The van der Waals surface area contributed by atoms with Crippen molar-refractivity contribution in [2.75, 3.05) is 0 Å². The fourth-order valence-corrected chi connectivity index (χ4v) is 2.26. The minimum absolute atomic E-state index is 0.170. The Labute approximate surface area is 118 Å². The van der Waals surface area contributed by atoms with Gasteiger partial charge in [0, 0.05) is 10.9 Å². The van der Waals surface area contributed by atoms with E-state index in [1.807, 2.05) is 0 Å². The maximum Gasteiger partial charge on any atom is 0.432 e. The van der Waals surface area contributed by atoms with Gasteiger partial charge in [-0.2, -0.15) is 9.78 Å². The molecule has 6 heteroatoms. The Morgan fingerprint density at radius 1 is 1.24 bits per heavy atom. The molecule has 0 aliphatic carbocycles. The molecule has 0 unspecified atom stereocenters. The largest absolute Gasteiger partial charge is 0.463 e. The number of halogens is 1.